The molecule has 2 nitrogen and oxygen atoms in total. The summed E-state index contributed by atoms with van der Waals surface area (Å²) >= 11 is 0. The number of nitrogens with zero attached hydrogens (tertiary/aromatic N) is 1. The van der Waals surface area contributed by atoms with E-state index in [-0.39, 0.29) is 0 Å². The molecule has 1 saturated heterocycles. The summed E-state index contributed by atoms with van der Waals surface area (Å²) in [5, 5.41) is 0. The molecule has 1 rings (SSSR count). The van der Waals surface area contributed by atoms with Gasteiger partial charge in [0.05, 0.1) is 0 Å². The Balaban J connectivity index is 2.16. The second kappa shape index (κ2) is 12.5. The van der Waals surface area contributed by atoms with Gasteiger partial charge in [-0.25, -0.2) is 0 Å². The van der Waals surface area contributed by atoms with Crippen LogP contribution < -0.4 is 5.73 Å². The molecule has 0 bridgehead atoms. The van der Waals surface area contributed by atoms with E-state index in [1.807, 2.05) is 0 Å². The molecule has 1 heterocycles. The van der Waals surface area contributed by atoms with Gasteiger partial charge in [-0.1, -0.05) is 78.1 Å². The largest absolute Gasteiger partial charge is 0.330 e. The minimum absolute atomic E-state index is 0.785. The maximum atomic E-state index is 5.78. The smallest absolute Gasteiger partial charge is 0.00955 e. The Morgan fingerprint density at radius 3 is 1.71 bits per heavy atom. The molecule has 1 aliphatic rings. The second-order valence-corrected chi connectivity index (χ2v) is 7.12. The molecule has 1 fully saturated rings. The van der Waals surface area contributed by atoms with Gasteiger partial charge in [-0.05, 0) is 25.3 Å². The van der Waals surface area contributed by atoms with Crippen molar-refractivity contribution in [2.24, 2.45) is 11.7 Å². The number of unbranched alkanes of at least 4 members (excludes halogenated alkanes) is 8. The third-order valence-electron chi connectivity index (χ3n) is 5.12. The van der Waals surface area contributed by atoms with Crippen molar-refractivity contribution >= 4 is 0 Å². The second-order valence-electron chi connectivity index (χ2n) is 7.12. The minimum atomic E-state index is 0.785. The number of hydrogen-bond acceptors (Lipinski definition) is 2. The van der Waals surface area contributed by atoms with E-state index in [0.717, 1.165) is 18.5 Å². The Morgan fingerprint density at radius 1 is 0.810 bits per heavy atom. The lowest BCUT2D eigenvalue weighted by Crippen LogP contribution is -2.54. The van der Waals surface area contributed by atoms with Crippen molar-refractivity contribution in [1.29, 1.82) is 0 Å². The molecule has 0 saturated carbocycles. The van der Waals surface area contributed by atoms with Crippen LogP contribution in [0.5, 0.6) is 0 Å². The normalized spacial score (nSPS) is 16.6. The molecule has 0 amide bonds. The molecule has 0 unspecified atom stereocenters. The predicted molar refractivity (Wildman–Crippen MR) is 94.7 cm³/mol. The summed E-state index contributed by atoms with van der Waals surface area (Å²) in [7, 11) is 0. The number of hydrogen-bond donors (Lipinski definition) is 1. The van der Waals surface area contributed by atoms with E-state index < -0.39 is 0 Å². The molecule has 126 valence electrons. The summed E-state index contributed by atoms with van der Waals surface area (Å²) in [6, 6.07) is 0.857. The van der Waals surface area contributed by atoms with Crippen molar-refractivity contribution in [2.45, 2.75) is 96.9 Å². The van der Waals surface area contributed by atoms with Crippen LogP contribution in [0.15, 0.2) is 0 Å². The van der Waals surface area contributed by atoms with Crippen LogP contribution >= 0.6 is 0 Å². The van der Waals surface area contributed by atoms with Crippen LogP contribution in [0, 0.1) is 5.92 Å². The maximum absolute atomic E-state index is 5.78. The average Bonchev–Trinajstić information content (AvgIpc) is 2.45. The number of likely N-dealkylation sites (tertiary alicyclic amines) is 1. The van der Waals surface area contributed by atoms with E-state index >= 15 is 0 Å². The zero-order valence-corrected chi connectivity index (χ0v) is 14.8. The lowest BCUT2D eigenvalue weighted by Gasteiger charge is -2.44. The lowest BCUT2D eigenvalue weighted by molar-refractivity contribution is 0.0462. The van der Waals surface area contributed by atoms with Gasteiger partial charge in [-0.3, -0.25) is 4.90 Å². The van der Waals surface area contributed by atoms with Gasteiger partial charge < -0.3 is 5.73 Å². The predicted octanol–water partition coefficient (Wildman–Crippen LogP) is 4.97. The Morgan fingerprint density at radius 2 is 1.29 bits per heavy atom. The summed E-state index contributed by atoms with van der Waals surface area (Å²) in [6.45, 7) is 8.02. The van der Waals surface area contributed by atoms with Gasteiger partial charge in [0.25, 0.3) is 0 Å². The fraction of sp³-hybridized carbons (Fsp3) is 1.00. The SMILES string of the molecule is CCCCCCCC(CCCCCCC)N1CC(CN)C1. The number of nitrogens with two attached hydrogens (primary N) is 1. The first-order valence-electron chi connectivity index (χ1n) is 9.75. The molecule has 2 N–H and O–H groups in total. The van der Waals surface area contributed by atoms with Crippen LogP contribution in [0.1, 0.15) is 90.9 Å². The molecule has 0 spiro atoms. The summed E-state index contributed by atoms with van der Waals surface area (Å²) in [4.78, 5) is 2.72. The van der Waals surface area contributed by atoms with Gasteiger partial charge in [0, 0.05) is 19.1 Å². The molecule has 0 aromatic rings. The highest BCUT2D eigenvalue weighted by Crippen LogP contribution is 2.25. The van der Waals surface area contributed by atoms with Gasteiger partial charge in [0.2, 0.25) is 0 Å². The van der Waals surface area contributed by atoms with Gasteiger partial charge >= 0.3 is 0 Å². The molecule has 21 heavy (non-hydrogen) atoms. The maximum Gasteiger partial charge on any atom is 0.00955 e. The summed E-state index contributed by atoms with van der Waals surface area (Å²) in [5.74, 6) is 0.785. The van der Waals surface area contributed by atoms with Gasteiger partial charge in [0.1, 0.15) is 0 Å². The summed E-state index contributed by atoms with van der Waals surface area (Å²) < 4.78 is 0. The summed E-state index contributed by atoms with van der Waals surface area (Å²) in [6.07, 6.45) is 17.0. The third kappa shape index (κ3) is 8.21. The van der Waals surface area contributed by atoms with E-state index in [4.69, 9.17) is 5.73 Å². The van der Waals surface area contributed by atoms with Crippen molar-refractivity contribution in [2.75, 3.05) is 19.6 Å². The van der Waals surface area contributed by atoms with Crippen molar-refractivity contribution in [1.82, 2.24) is 4.90 Å². The van der Waals surface area contributed by atoms with E-state index in [9.17, 15) is 0 Å². The quantitative estimate of drug-likeness (QED) is 0.459. The van der Waals surface area contributed by atoms with Crippen LogP contribution in [0.25, 0.3) is 0 Å². The molecular weight excluding hydrogens is 256 g/mol. The van der Waals surface area contributed by atoms with Crippen molar-refractivity contribution < 1.29 is 0 Å². The third-order valence-corrected chi connectivity index (χ3v) is 5.12. The van der Waals surface area contributed by atoms with E-state index in [1.54, 1.807) is 0 Å². The van der Waals surface area contributed by atoms with E-state index in [1.165, 1.54) is 90.1 Å². The average molecular weight is 297 g/mol. The van der Waals surface area contributed by atoms with E-state index in [2.05, 4.69) is 18.7 Å². The van der Waals surface area contributed by atoms with Gasteiger partial charge in [0.15, 0.2) is 0 Å². The minimum Gasteiger partial charge on any atom is -0.330 e. The topological polar surface area (TPSA) is 29.3 Å². The van der Waals surface area contributed by atoms with Crippen LogP contribution in [0.3, 0.4) is 0 Å². The van der Waals surface area contributed by atoms with Gasteiger partial charge in [-0.15, -0.1) is 0 Å². The standard InChI is InChI=1S/C19H40N2/c1-3-5-7-9-11-13-19(14-12-10-8-6-4-2)21-16-18(15-20)17-21/h18-19H,3-17,20H2,1-2H3. The monoisotopic (exact) mass is 296 g/mol. The van der Waals surface area contributed by atoms with Crippen molar-refractivity contribution in [3.05, 3.63) is 0 Å². The first-order valence-corrected chi connectivity index (χ1v) is 9.75. The molecule has 2 heteroatoms. The highest BCUT2D eigenvalue weighted by atomic mass is 15.2. The molecule has 0 aliphatic carbocycles. The fourth-order valence-corrected chi connectivity index (χ4v) is 3.53. The van der Waals surface area contributed by atoms with Crippen LogP contribution in [-0.4, -0.2) is 30.6 Å². The zero-order valence-electron chi connectivity index (χ0n) is 14.8. The first-order chi connectivity index (χ1) is 10.3. The molecule has 0 atom stereocenters. The van der Waals surface area contributed by atoms with E-state index in [0.29, 0.717) is 0 Å². The molecular formula is C19H40N2. The van der Waals surface area contributed by atoms with Crippen molar-refractivity contribution in [3.63, 3.8) is 0 Å². The molecule has 0 aromatic carbocycles. The number of rotatable bonds is 14. The Labute approximate surface area is 133 Å². The van der Waals surface area contributed by atoms with Crippen molar-refractivity contribution in [3.8, 4) is 0 Å². The fourth-order valence-electron chi connectivity index (χ4n) is 3.53. The summed E-state index contributed by atoms with van der Waals surface area (Å²) in [5.41, 5.74) is 5.78. The Hall–Kier alpha value is -0.0800. The zero-order chi connectivity index (χ0) is 15.3. The Kier molecular flexibility index (Phi) is 11.3. The first kappa shape index (κ1) is 19.0. The van der Waals surface area contributed by atoms with Crippen LogP contribution in [0.4, 0.5) is 0 Å². The van der Waals surface area contributed by atoms with Crippen LogP contribution in [0.2, 0.25) is 0 Å². The highest BCUT2D eigenvalue weighted by molar-refractivity contribution is 4.85. The molecule has 0 radical (unpaired) electrons. The van der Waals surface area contributed by atoms with Gasteiger partial charge in [-0.2, -0.15) is 0 Å². The molecule has 0 aromatic heterocycles. The Bertz CT molecular complexity index is 210. The molecule has 1 aliphatic heterocycles. The lowest BCUT2D eigenvalue weighted by atomic mass is 9.92. The highest BCUT2D eigenvalue weighted by Gasteiger charge is 2.30. The van der Waals surface area contributed by atoms with Crippen LogP contribution in [-0.2, 0) is 0 Å².